The molecule has 0 saturated carbocycles. The molecule has 1 unspecified atom stereocenters. The van der Waals surface area contributed by atoms with Gasteiger partial charge in [0.05, 0.1) is 0 Å². The smallest absolute Gasteiger partial charge is 0.328 e. The summed E-state index contributed by atoms with van der Waals surface area (Å²) in [5.41, 5.74) is 2.90. The van der Waals surface area contributed by atoms with Crippen LogP contribution in [0, 0.1) is 0 Å². The number of carbonyl (C=O) groups is 1. The van der Waals surface area contributed by atoms with Gasteiger partial charge >= 0.3 is 5.97 Å². The Bertz CT molecular complexity index is 994. The molecule has 1 N–H and O–H groups in total. The predicted octanol–water partition coefficient (Wildman–Crippen LogP) is 6.89. The lowest BCUT2D eigenvalue weighted by Crippen LogP contribution is -2.08. The number of halogens is 1. The molecule has 4 heteroatoms. The molecule has 0 saturated heterocycles. The number of carboxylic acid groups (broad SMARTS) is 1. The van der Waals surface area contributed by atoms with Crippen molar-refractivity contribution >= 4 is 38.7 Å². The van der Waals surface area contributed by atoms with Crippen molar-refractivity contribution in [1.82, 2.24) is 0 Å². The number of alkyl halides is 1. The number of aliphatic carboxylic acids is 1. The Labute approximate surface area is 173 Å². The third-order valence-corrected chi connectivity index (χ3v) is 5.15. The fourth-order valence-corrected chi connectivity index (χ4v) is 3.62. The topological polar surface area (TPSA) is 46.5 Å². The molecule has 144 valence electrons. The number of ether oxygens (including phenoxy) is 1. The summed E-state index contributed by atoms with van der Waals surface area (Å²) in [6, 6.07) is 20.2. The fourth-order valence-electron chi connectivity index (χ4n) is 3.09. The summed E-state index contributed by atoms with van der Waals surface area (Å²) in [6.07, 6.45) is 5.93. The molecule has 3 aromatic rings. The van der Waals surface area contributed by atoms with Crippen LogP contribution in [0.15, 0.2) is 66.7 Å². The molecule has 1 atom stereocenters. The van der Waals surface area contributed by atoms with Crippen LogP contribution in [-0.2, 0) is 4.79 Å². The van der Waals surface area contributed by atoms with Crippen LogP contribution in [0.25, 0.3) is 28.0 Å². The lowest BCUT2D eigenvalue weighted by atomic mass is 9.99. The largest absolute Gasteiger partial charge is 0.479 e. The normalized spacial score (nSPS) is 12.4. The Morgan fingerprint density at radius 3 is 2.71 bits per heavy atom. The average Bonchev–Trinajstić information content (AvgIpc) is 2.71. The zero-order valence-electron chi connectivity index (χ0n) is 15.8. The first kappa shape index (κ1) is 20.2. The average molecular weight is 439 g/mol. The van der Waals surface area contributed by atoms with E-state index < -0.39 is 5.97 Å². The Kier molecular flexibility index (Phi) is 6.88. The lowest BCUT2D eigenvalue weighted by Gasteiger charge is -2.16. The zero-order valence-corrected chi connectivity index (χ0v) is 17.4. The number of benzene rings is 3. The summed E-state index contributed by atoms with van der Waals surface area (Å²) in [5, 5.41) is 11.0. The van der Waals surface area contributed by atoms with Gasteiger partial charge in [-0.25, -0.2) is 4.79 Å². The second-order valence-electron chi connectivity index (χ2n) is 6.66. The Morgan fingerprint density at radius 2 is 1.93 bits per heavy atom. The van der Waals surface area contributed by atoms with Crippen molar-refractivity contribution in [3.63, 3.8) is 0 Å². The second-order valence-corrected chi connectivity index (χ2v) is 7.68. The van der Waals surface area contributed by atoms with E-state index in [1.165, 1.54) is 0 Å². The van der Waals surface area contributed by atoms with Crippen LogP contribution in [0.3, 0.4) is 0 Å². The molecule has 3 rings (SSSR count). The maximum absolute atomic E-state index is 10.8. The molecule has 0 aliphatic heterocycles. The molecule has 0 amide bonds. The molecule has 0 heterocycles. The Morgan fingerprint density at radius 1 is 1.11 bits per heavy atom. The van der Waals surface area contributed by atoms with Gasteiger partial charge in [0.1, 0.15) is 5.75 Å². The fraction of sp³-hybridized carbons (Fsp3) is 0.208. The van der Waals surface area contributed by atoms with Crippen LogP contribution in [0.4, 0.5) is 0 Å². The van der Waals surface area contributed by atoms with Gasteiger partial charge in [-0.3, -0.25) is 0 Å². The van der Waals surface area contributed by atoms with E-state index in [9.17, 15) is 4.79 Å². The van der Waals surface area contributed by atoms with Crippen molar-refractivity contribution in [2.24, 2.45) is 0 Å². The SMILES string of the molecule is CCCCC(Br)Oc1cc(-c2cccc(C=CC(=O)O)c2)cc2ccccc12. The van der Waals surface area contributed by atoms with Gasteiger partial charge in [-0.2, -0.15) is 0 Å². The molecule has 0 fully saturated rings. The summed E-state index contributed by atoms with van der Waals surface area (Å²) in [5.74, 6) is -0.111. The van der Waals surface area contributed by atoms with E-state index in [-0.39, 0.29) is 5.01 Å². The molecule has 3 aromatic carbocycles. The van der Waals surface area contributed by atoms with Crippen LogP contribution in [0.1, 0.15) is 31.7 Å². The number of carboxylic acids is 1. The molecule has 28 heavy (non-hydrogen) atoms. The van der Waals surface area contributed by atoms with Crippen molar-refractivity contribution in [3.05, 3.63) is 72.3 Å². The van der Waals surface area contributed by atoms with E-state index >= 15 is 0 Å². The third-order valence-electron chi connectivity index (χ3n) is 4.50. The van der Waals surface area contributed by atoms with E-state index in [2.05, 4.69) is 47.1 Å². The van der Waals surface area contributed by atoms with E-state index in [1.54, 1.807) is 6.08 Å². The van der Waals surface area contributed by atoms with Crippen LogP contribution in [-0.4, -0.2) is 16.1 Å². The standard InChI is InChI=1S/C24H23BrO3/c1-2-3-11-23(25)28-22-16-20(15-19-8-4-5-10-21(19)22)18-9-6-7-17(14-18)12-13-24(26)27/h4-10,12-16,23H,2-3,11H2,1H3,(H,26,27). The monoisotopic (exact) mass is 438 g/mol. The van der Waals surface area contributed by atoms with Gasteiger partial charge in [-0.1, -0.05) is 55.8 Å². The van der Waals surface area contributed by atoms with Gasteiger partial charge in [0.25, 0.3) is 0 Å². The Balaban J connectivity index is 2.00. The number of hydrogen-bond acceptors (Lipinski definition) is 2. The predicted molar refractivity (Wildman–Crippen MR) is 119 cm³/mol. The zero-order chi connectivity index (χ0) is 19.9. The highest BCUT2D eigenvalue weighted by Gasteiger charge is 2.11. The van der Waals surface area contributed by atoms with Gasteiger partial charge in [0, 0.05) is 11.5 Å². The van der Waals surface area contributed by atoms with E-state index in [1.807, 2.05) is 36.4 Å². The quantitative estimate of drug-likeness (QED) is 0.307. The molecular weight excluding hydrogens is 416 g/mol. The van der Waals surface area contributed by atoms with Gasteiger partial charge in [-0.05, 0) is 75.1 Å². The molecule has 0 spiro atoms. The van der Waals surface area contributed by atoms with Crippen molar-refractivity contribution in [2.45, 2.75) is 31.2 Å². The number of unbranched alkanes of at least 4 members (excludes halogenated alkanes) is 1. The van der Waals surface area contributed by atoms with Crippen molar-refractivity contribution in [1.29, 1.82) is 0 Å². The minimum Gasteiger partial charge on any atom is -0.479 e. The summed E-state index contributed by atoms with van der Waals surface area (Å²) in [4.78, 5) is 10.8. The van der Waals surface area contributed by atoms with Gasteiger partial charge in [0.15, 0.2) is 5.01 Å². The first-order valence-corrected chi connectivity index (χ1v) is 10.3. The first-order valence-electron chi connectivity index (χ1n) is 9.42. The van der Waals surface area contributed by atoms with E-state index in [4.69, 9.17) is 9.84 Å². The maximum Gasteiger partial charge on any atom is 0.328 e. The highest BCUT2D eigenvalue weighted by molar-refractivity contribution is 9.09. The number of rotatable bonds is 8. The summed E-state index contributed by atoms with van der Waals surface area (Å²) >= 11 is 3.64. The minimum absolute atomic E-state index is 0.0315. The maximum atomic E-state index is 10.8. The molecule has 3 nitrogen and oxygen atoms in total. The summed E-state index contributed by atoms with van der Waals surface area (Å²) in [7, 11) is 0. The van der Waals surface area contributed by atoms with Crippen LogP contribution in [0.5, 0.6) is 5.75 Å². The van der Waals surface area contributed by atoms with Crippen LogP contribution >= 0.6 is 15.9 Å². The molecular formula is C24H23BrO3. The molecule has 0 radical (unpaired) electrons. The molecule has 0 aromatic heterocycles. The third kappa shape index (κ3) is 5.23. The van der Waals surface area contributed by atoms with Crippen molar-refractivity contribution in [3.8, 4) is 16.9 Å². The Hall–Kier alpha value is -2.59. The van der Waals surface area contributed by atoms with E-state index in [0.717, 1.165) is 58.6 Å². The highest BCUT2D eigenvalue weighted by atomic mass is 79.9. The molecule has 0 aliphatic carbocycles. The number of hydrogen-bond donors (Lipinski definition) is 1. The highest BCUT2D eigenvalue weighted by Crippen LogP contribution is 2.34. The van der Waals surface area contributed by atoms with Crippen molar-refractivity contribution in [2.75, 3.05) is 0 Å². The van der Waals surface area contributed by atoms with Gasteiger partial charge in [0.2, 0.25) is 0 Å². The van der Waals surface area contributed by atoms with Crippen LogP contribution in [0.2, 0.25) is 0 Å². The van der Waals surface area contributed by atoms with Gasteiger partial charge < -0.3 is 9.84 Å². The van der Waals surface area contributed by atoms with Gasteiger partial charge in [-0.15, -0.1) is 0 Å². The lowest BCUT2D eigenvalue weighted by molar-refractivity contribution is -0.131. The summed E-state index contributed by atoms with van der Waals surface area (Å²) in [6.45, 7) is 2.17. The van der Waals surface area contributed by atoms with E-state index in [0.29, 0.717) is 0 Å². The number of fused-ring (bicyclic) bond motifs is 1. The van der Waals surface area contributed by atoms with Crippen molar-refractivity contribution < 1.29 is 14.6 Å². The molecule has 0 aliphatic rings. The first-order chi connectivity index (χ1) is 13.6. The second kappa shape index (κ2) is 9.56. The molecule has 0 bridgehead atoms. The van der Waals surface area contributed by atoms with Crippen LogP contribution < -0.4 is 4.74 Å². The minimum atomic E-state index is -0.956. The summed E-state index contributed by atoms with van der Waals surface area (Å²) < 4.78 is 6.23.